The van der Waals surface area contributed by atoms with E-state index in [1.807, 2.05) is 45.0 Å². The molecule has 1 aromatic carbocycles. The highest BCUT2D eigenvalue weighted by Crippen LogP contribution is 2.24. The van der Waals surface area contributed by atoms with E-state index in [1.54, 1.807) is 20.8 Å². The topological polar surface area (TPSA) is 70.7 Å². The van der Waals surface area contributed by atoms with Gasteiger partial charge in [-0.1, -0.05) is 26.0 Å². The second kappa shape index (κ2) is 9.30. The lowest BCUT2D eigenvalue weighted by Crippen LogP contribution is -2.48. The normalized spacial score (nSPS) is 12.4. The van der Waals surface area contributed by atoms with Gasteiger partial charge in [-0.25, -0.2) is 9.80 Å². The highest BCUT2D eigenvalue weighted by atomic mass is 16.6. The molecule has 140 valence electrons. The molecular formula is C19H31N3O3. The lowest BCUT2D eigenvalue weighted by molar-refractivity contribution is -0.112. The SMILES string of the molecule is CCNc1ccccc1NN(C(=O)OC(C)(C)C)[C@H](C=O)CC(C)C. The summed E-state index contributed by atoms with van der Waals surface area (Å²) in [4.78, 5) is 24.3. The average Bonchev–Trinajstić information content (AvgIpc) is 2.50. The van der Waals surface area contributed by atoms with Crippen LogP contribution in [0.4, 0.5) is 16.2 Å². The molecule has 0 heterocycles. The molecule has 6 heteroatoms. The molecule has 2 N–H and O–H groups in total. The zero-order chi connectivity index (χ0) is 19.0. The summed E-state index contributed by atoms with van der Waals surface area (Å²) >= 11 is 0. The molecule has 0 radical (unpaired) electrons. The van der Waals surface area contributed by atoms with Crippen LogP contribution in [0.3, 0.4) is 0 Å². The highest BCUT2D eigenvalue weighted by Gasteiger charge is 2.29. The van der Waals surface area contributed by atoms with Crippen LogP contribution in [0.5, 0.6) is 0 Å². The van der Waals surface area contributed by atoms with Gasteiger partial charge in [0.05, 0.1) is 11.4 Å². The van der Waals surface area contributed by atoms with Gasteiger partial charge in [0.15, 0.2) is 0 Å². The Labute approximate surface area is 150 Å². The largest absolute Gasteiger partial charge is 0.442 e. The van der Waals surface area contributed by atoms with Crippen molar-refractivity contribution in [2.24, 2.45) is 5.92 Å². The molecule has 1 amide bonds. The molecule has 0 aliphatic rings. The number of benzene rings is 1. The molecule has 0 saturated carbocycles. The van der Waals surface area contributed by atoms with Gasteiger partial charge in [-0.3, -0.25) is 5.43 Å². The number of nitrogens with one attached hydrogen (secondary N) is 2. The summed E-state index contributed by atoms with van der Waals surface area (Å²) in [6.07, 6.45) is 0.753. The molecule has 25 heavy (non-hydrogen) atoms. The fraction of sp³-hybridized carbons (Fsp3) is 0.579. The maximum absolute atomic E-state index is 12.7. The van der Waals surface area contributed by atoms with E-state index in [0.717, 1.165) is 18.5 Å². The standard InChI is InChI=1S/C19H31N3O3/c1-7-20-16-10-8-9-11-17(16)21-22(15(13-23)12-14(2)3)18(24)25-19(4,5)6/h8-11,13-15,20-21H,7,12H2,1-6H3/t15-/m0/s1. The number of para-hydroxylation sites is 2. The van der Waals surface area contributed by atoms with E-state index in [2.05, 4.69) is 10.7 Å². The maximum atomic E-state index is 12.7. The predicted molar refractivity (Wildman–Crippen MR) is 102 cm³/mol. The number of ether oxygens (including phenoxy) is 1. The number of aldehydes is 1. The minimum atomic E-state index is -0.649. The highest BCUT2D eigenvalue weighted by molar-refractivity contribution is 5.78. The Morgan fingerprint density at radius 1 is 1.24 bits per heavy atom. The van der Waals surface area contributed by atoms with E-state index >= 15 is 0 Å². The zero-order valence-electron chi connectivity index (χ0n) is 16.1. The third-order valence-corrected chi connectivity index (χ3v) is 3.33. The van der Waals surface area contributed by atoms with Gasteiger partial charge >= 0.3 is 6.09 Å². The Kier molecular flexibility index (Phi) is 7.74. The molecule has 0 aromatic heterocycles. The number of hydrazine groups is 1. The molecule has 1 atom stereocenters. The van der Waals surface area contributed by atoms with E-state index in [0.29, 0.717) is 12.1 Å². The number of hydrogen-bond donors (Lipinski definition) is 2. The van der Waals surface area contributed by atoms with Crippen molar-refractivity contribution in [3.8, 4) is 0 Å². The summed E-state index contributed by atoms with van der Waals surface area (Å²) < 4.78 is 5.48. The number of carbonyl (C=O) groups is 2. The van der Waals surface area contributed by atoms with Crippen molar-refractivity contribution >= 4 is 23.8 Å². The van der Waals surface area contributed by atoms with Gasteiger partial charge in [0.25, 0.3) is 0 Å². The minimum Gasteiger partial charge on any atom is -0.442 e. The summed E-state index contributed by atoms with van der Waals surface area (Å²) in [5.74, 6) is 0.256. The Balaban J connectivity index is 3.13. The van der Waals surface area contributed by atoms with Crippen molar-refractivity contribution in [2.75, 3.05) is 17.3 Å². The first-order valence-corrected chi connectivity index (χ1v) is 8.75. The molecule has 1 rings (SSSR count). The molecule has 0 spiro atoms. The number of nitrogens with zero attached hydrogens (tertiary/aromatic N) is 1. The van der Waals surface area contributed by atoms with Crippen LogP contribution in [0.2, 0.25) is 0 Å². The Bertz CT molecular complexity index is 567. The number of anilines is 2. The molecule has 0 aliphatic carbocycles. The van der Waals surface area contributed by atoms with Gasteiger partial charge in [-0.05, 0) is 52.2 Å². The van der Waals surface area contributed by atoms with Gasteiger partial charge in [0.2, 0.25) is 0 Å². The van der Waals surface area contributed by atoms with Crippen molar-refractivity contribution in [2.45, 2.75) is 59.6 Å². The van der Waals surface area contributed by atoms with Crippen LogP contribution in [0.15, 0.2) is 24.3 Å². The Morgan fingerprint density at radius 3 is 2.32 bits per heavy atom. The van der Waals surface area contributed by atoms with E-state index < -0.39 is 17.7 Å². The van der Waals surface area contributed by atoms with Crippen LogP contribution in [0, 0.1) is 5.92 Å². The molecular weight excluding hydrogens is 318 g/mol. The molecule has 0 bridgehead atoms. The first-order chi connectivity index (χ1) is 11.7. The van der Waals surface area contributed by atoms with Crippen LogP contribution in [-0.2, 0) is 9.53 Å². The van der Waals surface area contributed by atoms with Crippen molar-refractivity contribution < 1.29 is 14.3 Å². The molecule has 0 unspecified atom stereocenters. The van der Waals surface area contributed by atoms with Crippen molar-refractivity contribution in [3.05, 3.63) is 24.3 Å². The molecule has 0 aliphatic heterocycles. The second-order valence-corrected chi connectivity index (χ2v) is 7.37. The number of amides is 1. The maximum Gasteiger partial charge on any atom is 0.429 e. The first-order valence-electron chi connectivity index (χ1n) is 8.75. The third kappa shape index (κ3) is 7.03. The van der Waals surface area contributed by atoms with Crippen LogP contribution < -0.4 is 10.7 Å². The van der Waals surface area contributed by atoms with Gasteiger partial charge < -0.3 is 14.8 Å². The van der Waals surface area contributed by atoms with Crippen molar-refractivity contribution in [1.82, 2.24) is 5.01 Å². The molecule has 1 aromatic rings. The van der Waals surface area contributed by atoms with Gasteiger partial charge in [-0.15, -0.1) is 0 Å². The van der Waals surface area contributed by atoms with E-state index in [4.69, 9.17) is 4.74 Å². The van der Waals surface area contributed by atoms with Crippen LogP contribution in [0.25, 0.3) is 0 Å². The lowest BCUT2D eigenvalue weighted by atomic mass is 10.0. The van der Waals surface area contributed by atoms with E-state index in [1.165, 1.54) is 5.01 Å². The summed E-state index contributed by atoms with van der Waals surface area (Å²) in [5, 5.41) is 4.52. The Hall–Kier alpha value is -2.24. The van der Waals surface area contributed by atoms with Crippen LogP contribution >= 0.6 is 0 Å². The fourth-order valence-electron chi connectivity index (χ4n) is 2.33. The predicted octanol–water partition coefficient (Wildman–Crippen LogP) is 4.30. The van der Waals surface area contributed by atoms with E-state index in [9.17, 15) is 9.59 Å². The summed E-state index contributed by atoms with van der Waals surface area (Å²) in [7, 11) is 0. The smallest absolute Gasteiger partial charge is 0.429 e. The van der Waals surface area contributed by atoms with Gasteiger partial charge in [0.1, 0.15) is 17.9 Å². The third-order valence-electron chi connectivity index (χ3n) is 3.33. The van der Waals surface area contributed by atoms with Crippen LogP contribution in [-0.4, -0.2) is 35.6 Å². The number of carbonyl (C=O) groups excluding carboxylic acids is 2. The fourth-order valence-corrected chi connectivity index (χ4v) is 2.33. The molecule has 0 fully saturated rings. The number of rotatable bonds is 8. The Morgan fingerprint density at radius 2 is 1.84 bits per heavy atom. The van der Waals surface area contributed by atoms with Gasteiger partial charge in [0, 0.05) is 6.54 Å². The number of hydrogen-bond acceptors (Lipinski definition) is 5. The van der Waals surface area contributed by atoms with Gasteiger partial charge in [-0.2, -0.15) is 0 Å². The minimum absolute atomic E-state index is 0.256. The zero-order valence-corrected chi connectivity index (χ0v) is 16.1. The summed E-state index contributed by atoms with van der Waals surface area (Å²) in [6.45, 7) is 12.2. The monoisotopic (exact) mass is 349 g/mol. The molecule has 6 nitrogen and oxygen atoms in total. The van der Waals surface area contributed by atoms with E-state index in [-0.39, 0.29) is 5.92 Å². The van der Waals surface area contributed by atoms with Crippen molar-refractivity contribution in [1.29, 1.82) is 0 Å². The quantitative estimate of drug-likeness (QED) is 0.541. The summed E-state index contributed by atoms with van der Waals surface area (Å²) in [6, 6.07) is 6.93. The second-order valence-electron chi connectivity index (χ2n) is 7.37. The average molecular weight is 349 g/mol. The van der Waals surface area contributed by atoms with Crippen molar-refractivity contribution in [3.63, 3.8) is 0 Å². The lowest BCUT2D eigenvalue weighted by Gasteiger charge is -2.33. The first kappa shape index (κ1) is 20.8. The van der Waals surface area contributed by atoms with Crippen LogP contribution in [0.1, 0.15) is 48.0 Å². The molecule has 0 saturated heterocycles. The summed E-state index contributed by atoms with van der Waals surface area (Å²) in [5.41, 5.74) is 3.99.